The Kier molecular flexibility index (Phi) is 9.46. The lowest BCUT2D eigenvalue weighted by Crippen LogP contribution is -2.60. The first kappa shape index (κ1) is 31.8. The molecule has 0 aliphatic carbocycles. The van der Waals surface area contributed by atoms with Crippen molar-refractivity contribution in [2.45, 2.75) is 93.9 Å². The predicted molar refractivity (Wildman–Crippen MR) is 144 cm³/mol. The third kappa shape index (κ3) is 5.81. The molecule has 2 aromatic carbocycles. The maximum atomic E-state index is 11.4. The molecule has 0 aromatic heterocycles. The molecule has 43 heavy (non-hydrogen) atoms. The third-order valence-corrected chi connectivity index (χ3v) is 8.22. The summed E-state index contributed by atoms with van der Waals surface area (Å²) in [6.45, 7) is 1.81. The van der Waals surface area contributed by atoms with Crippen LogP contribution in [-0.2, 0) is 9.47 Å². The Bertz CT molecular complexity index is 1260. The smallest absolute Gasteiger partial charge is 0.229 e. The summed E-state index contributed by atoms with van der Waals surface area (Å²) in [6.07, 6.45) is -17.5. The maximum absolute atomic E-state index is 11.4. The Balaban J connectivity index is 1.58. The largest absolute Gasteiger partial charge is 0.485 e. The molecule has 0 radical (unpaired) electrons. The van der Waals surface area contributed by atoms with Crippen molar-refractivity contribution in [3.63, 3.8) is 0 Å². The van der Waals surface area contributed by atoms with Crippen molar-refractivity contribution in [2.75, 3.05) is 13.2 Å². The molecular weight excluding hydrogens is 572 g/mol. The SMILES string of the molecule is Cc1c(O[C@@H]2O[C@H](CO)[C@@H](O)[C@H](O)[C@H]2O)c(C)c(O[C@@H]2O[C@H](CO)[C@@H](O)[C@H](O)[C@H]2O)c2c1OC(c1ccccc1)CC2O. The van der Waals surface area contributed by atoms with E-state index in [0.29, 0.717) is 5.56 Å². The van der Waals surface area contributed by atoms with Crippen LogP contribution in [0.2, 0.25) is 0 Å². The van der Waals surface area contributed by atoms with Crippen molar-refractivity contribution in [1.29, 1.82) is 0 Å². The van der Waals surface area contributed by atoms with Gasteiger partial charge in [0.15, 0.2) is 0 Å². The van der Waals surface area contributed by atoms with Gasteiger partial charge in [0, 0.05) is 17.5 Å². The lowest BCUT2D eigenvalue weighted by atomic mass is 9.90. The minimum Gasteiger partial charge on any atom is -0.485 e. The number of hydrogen-bond donors (Lipinski definition) is 9. The zero-order valence-electron chi connectivity index (χ0n) is 23.5. The van der Waals surface area contributed by atoms with E-state index in [1.807, 2.05) is 30.3 Å². The predicted octanol–water partition coefficient (Wildman–Crippen LogP) is -1.78. The van der Waals surface area contributed by atoms with E-state index in [0.717, 1.165) is 5.56 Å². The number of benzene rings is 2. The first-order valence-electron chi connectivity index (χ1n) is 14.0. The van der Waals surface area contributed by atoms with Gasteiger partial charge < -0.3 is 69.6 Å². The zero-order valence-corrected chi connectivity index (χ0v) is 23.5. The van der Waals surface area contributed by atoms with Crippen LogP contribution in [-0.4, -0.2) is 121 Å². The molecular formula is C29H38O14. The molecule has 9 N–H and O–H groups in total. The molecule has 14 heteroatoms. The third-order valence-electron chi connectivity index (χ3n) is 8.22. The van der Waals surface area contributed by atoms with E-state index in [1.165, 1.54) is 0 Å². The molecule has 0 spiro atoms. The quantitative estimate of drug-likeness (QED) is 0.169. The van der Waals surface area contributed by atoms with E-state index in [1.54, 1.807) is 13.8 Å². The second kappa shape index (κ2) is 12.8. The molecule has 14 nitrogen and oxygen atoms in total. The Hall–Kier alpha value is -2.60. The second-order valence-electron chi connectivity index (χ2n) is 11.0. The van der Waals surface area contributed by atoms with E-state index in [-0.39, 0.29) is 34.8 Å². The number of hydrogen-bond acceptors (Lipinski definition) is 14. The molecule has 2 aromatic rings. The van der Waals surface area contributed by atoms with Gasteiger partial charge in [-0.25, -0.2) is 0 Å². The van der Waals surface area contributed by atoms with Gasteiger partial charge in [-0.1, -0.05) is 30.3 Å². The van der Waals surface area contributed by atoms with E-state index >= 15 is 0 Å². The van der Waals surface area contributed by atoms with Crippen LogP contribution >= 0.6 is 0 Å². The van der Waals surface area contributed by atoms with Crippen molar-refractivity contribution in [2.24, 2.45) is 0 Å². The van der Waals surface area contributed by atoms with Crippen LogP contribution in [0, 0.1) is 13.8 Å². The second-order valence-corrected chi connectivity index (χ2v) is 11.0. The normalized spacial score (nSPS) is 37.7. The molecule has 2 fully saturated rings. The van der Waals surface area contributed by atoms with E-state index in [2.05, 4.69) is 0 Å². The van der Waals surface area contributed by atoms with Gasteiger partial charge in [0.05, 0.1) is 24.9 Å². The fourth-order valence-corrected chi connectivity index (χ4v) is 5.72. The van der Waals surface area contributed by atoms with E-state index in [4.69, 9.17) is 23.7 Å². The van der Waals surface area contributed by atoms with Gasteiger partial charge >= 0.3 is 0 Å². The summed E-state index contributed by atoms with van der Waals surface area (Å²) < 4.78 is 29.5. The summed E-state index contributed by atoms with van der Waals surface area (Å²) in [5.74, 6) is 0.115. The van der Waals surface area contributed by atoms with E-state index < -0.39 is 86.8 Å². The van der Waals surface area contributed by atoms with Crippen LogP contribution in [0.25, 0.3) is 0 Å². The molecule has 12 atom stereocenters. The van der Waals surface area contributed by atoms with E-state index in [9.17, 15) is 46.0 Å². The minimum atomic E-state index is -1.76. The van der Waals surface area contributed by atoms with Crippen molar-refractivity contribution in [3.05, 3.63) is 52.6 Å². The van der Waals surface area contributed by atoms with Gasteiger partial charge in [-0.05, 0) is 19.4 Å². The summed E-state index contributed by atoms with van der Waals surface area (Å²) in [5.41, 5.74) is 1.52. The number of aliphatic hydroxyl groups excluding tert-OH is 9. The highest BCUT2D eigenvalue weighted by Gasteiger charge is 2.48. The van der Waals surface area contributed by atoms with Crippen LogP contribution in [0.3, 0.4) is 0 Å². The molecule has 3 heterocycles. The summed E-state index contributed by atoms with van der Waals surface area (Å²) in [5, 5.41) is 93.0. The Morgan fingerprint density at radius 2 is 1.19 bits per heavy atom. The van der Waals surface area contributed by atoms with Gasteiger partial charge in [0.25, 0.3) is 0 Å². The highest BCUT2D eigenvalue weighted by atomic mass is 16.7. The van der Waals surface area contributed by atoms with Crippen LogP contribution < -0.4 is 14.2 Å². The molecule has 0 bridgehead atoms. The van der Waals surface area contributed by atoms with Crippen LogP contribution in [0.1, 0.15) is 40.9 Å². The fraction of sp³-hybridized carbons (Fsp3) is 0.586. The molecule has 3 aliphatic rings. The van der Waals surface area contributed by atoms with Gasteiger partial charge in [0.2, 0.25) is 12.6 Å². The number of fused-ring (bicyclic) bond motifs is 1. The summed E-state index contributed by atoms with van der Waals surface area (Å²) >= 11 is 0. The highest BCUT2D eigenvalue weighted by molar-refractivity contribution is 5.63. The van der Waals surface area contributed by atoms with Crippen LogP contribution in [0.4, 0.5) is 0 Å². The lowest BCUT2D eigenvalue weighted by molar-refractivity contribution is -0.279. The maximum Gasteiger partial charge on any atom is 0.229 e. The first-order chi connectivity index (χ1) is 20.5. The average Bonchev–Trinajstić information content (AvgIpc) is 3.01. The Morgan fingerprint density at radius 1 is 0.674 bits per heavy atom. The molecule has 0 saturated carbocycles. The topological polar surface area (TPSA) is 228 Å². The number of aliphatic hydroxyl groups is 9. The van der Waals surface area contributed by atoms with Crippen molar-refractivity contribution in [3.8, 4) is 17.2 Å². The Labute approximate surface area is 246 Å². The summed E-state index contributed by atoms with van der Waals surface area (Å²) in [4.78, 5) is 0. The molecule has 3 aliphatic heterocycles. The van der Waals surface area contributed by atoms with Crippen molar-refractivity contribution >= 4 is 0 Å². The molecule has 5 rings (SSSR count). The average molecular weight is 611 g/mol. The standard InChI is InChI=1S/C29H38O14/c1-11-25(42-28-23(37)21(35)19(33)16(9-30)40-28)12(2)27(43-29-24(38)22(36)20(34)17(10-31)41-29)18-14(32)8-15(39-26(11)18)13-6-4-3-5-7-13/h3-7,14-17,19-24,28-38H,8-10H2,1-2H3/t14?,15?,16-,17-,19-,20-,21+,22+,23-,24-,28+,29+/m1/s1. The van der Waals surface area contributed by atoms with Crippen LogP contribution in [0.15, 0.2) is 30.3 Å². The fourth-order valence-electron chi connectivity index (χ4n) is 5.72. The van der Waals surface area contributed by atoms with Crippen molar-refractivity contribution < 1.29 is 69.6 Å². The highest BCUT2D eigenvalue weighted by Crippen LogP contribution is 2.53. The van der Waals surface area contributed by atoms with Gasteiger partial charge in [-0.2, -0.15) is 0 Å². The van der Waals surface area contributed by atoms with Crippen molar-refractivity contribution in [1.82, 2.24) is 0 Å². The van der Waals surface area contributed by atoms with Gasteiger partial charge in [-0.3, -0.25) is 0 Å². The summed E-state index contributed by atoms with van der Waals surface area (Å²) in [6, 6.07) is 9.16. The number of rotatable bonds is 7. The number of ether oxygens (including phenoxy) is 5. The molecule has 2 unspecified atom stereocenters. The molecule has 0 amide bonds. The van der Waals surface area contributed by atoms with Gasteiger partial charge in [0.1, 0.15) is 72.2 Å². The molecule has 2 saturated heterocycles. The van der Waals surface area contributed by atoms with Gasteiger partial charge in [-0.15, -0.1) is 0 Å². The first-order valence-corrected chi connectivity index (χ1v) is 14.0. The minimum absolute atomic E-state index is 0.0311. The monoisotopic (exact) mass is 610 g/mol. The lowest BCUT2D eigenvalue weighted by Gasteiger charge is -2.42. The summed E-state index contributed by atoms with van der Waals surface area (Å²) in [7, 11) is 0. The zero-order chi connectivity index (χ0) is 31.2. The van der Waals surface area contributed by atoms with Crippen LogP contribution in [0.5, 0.6) is 17.2 Å². The Morgan fingerprint density at radius 3 is 1.70 bits per heavy atom. The molecule has 238 valence electrons.